The van der Waals surface area contributed by atoms with E-state index in [4.69, 9.17) is 5.73 Å². The highest BCUT2D eigenvalue weighted by Gasteiger charge is 2.29. The van der Waals surface area contributed by atoms with Crippen molar-refractivity contribution < 1.29 is 4.79 Å². The second kappa shape index (κ2) is 7.79. The molecule has 2 aliphatic rings. The SMILES string of the molecule is CC1(c2cccc(NC(=O)c3cnc(N4CCCC4)nc3)c2)CCSC(N)=N1. The Bertz CT molecular complexity index is 894. The van der Waals surface area contributed by atoms with Crippen LogP contribution in [-0.2, 0) is 5.54 Å². The molecule has 4 rings (SSSR count). The van der Waals surface area contributed by atoms with E-state index in [1.807, 2.05) is 24.3 Å². The molecule has 0 radical (unpaired) electrons. The minimum atomic E-state index is -0.365. The normalized spacial score (nSPS) is 22.0. The van der Waals surface area contributed by atoms with E-state index < -0.39 is 0 Å². The number of nitrogens with one attached hydrogen (secondary N) is 1. The first-order valence-corrected chi connectivity index (χ1v) is 10.5. The molecule has 1 amide bonds. The van der Waals surface area contributed by atoms with Gasteiger partial charge < -0.3 is 16.0 Å². The van der Waals surface area contributed by atoms with Crippen LogP contribution in [-0.4, -0.2) is 39.9 Å². The number of hydrogen-bond acceptors (Lipinski definition) is 7. The number of aliphatic imine (C=N–C) groups is 1. The first-order chi connectivity index (χ1) is 13.5. The zero-order chi connectivity index (χ0) is 19.6. The number of amides is 1. The molecule has 2 aromatic rings. The number of aromatic nitrogens is 2. The van der Waals surface area contributed by atoms with E-state index in [0.29, 0.717) is 16.7 Å². The van der Waals surface area contributed by atoms with E-state index in [9.17, 15) is 4.79 Å². The molecule has 1 aromatic heterocycles. The first-order valence-electron chi connectivity index (χ1n) is 9.50. The predicted octanol–water partition coefficient (Wildman–Crippen LogP) is 3.00. The minimum Gasteiger partial charge on any atom is -0.379 e. The zero-order valence-electron chi connectivity index (χ0n) is 15.9. The molecule has 2 aliphatic heterocycles. The van der Waals surface area contributed by atoms with E-state index in [2.05, 4.69) is 32.1 Å². The van der Waals surface area contributed by atoms with Crippen LogP contribution in [0.1, 0.15) is 42.1 Å². The van der Waals surface area contributed by atoms with Gasteiger partial charge >= 0.3 is 0 Å². The van der Waals surface area contributed by atoms with Crippen LogP contribution in [0, 0.1) is 0 Å². The molecule has 28 heavy (non-hydrogen) atoms. The maximum absolute atomic E-state index is 12.6. The maximum Gasteiger partial charge on any atom is 0.258 e. The molecular formula is C20H24N6OS. The van der Waals surface area contributed by atoms with Gasteiger partial charge in [-0.3, -0.25) is 9.79 Å². The van der Waals surface area contributed by atoms with Crippen molar-refractivity contribution in [3.05, 3.63) is 47.8 Å². The summed E-state index contributed by atoms with van der Waals surface area (Å²) in [6.07, 6.45) is 6.40. The summed E-state index contributed by atoms with van der Waals surface area (Å²) in [7, 11) is 0. The number of benzene rings is 1. The molecule has 0 bridgehead atoms. The lowest BCUT2D eigenvalue weighted by Crippen LogP contribution is -2.28. The monoisotopic (exact) mass is 396 g/mol. The van der Waals surface area contributed by atoms with Crippen molar-refractivity contribution in [1.29, 1.82) is 0 Å². The molecule has 3 heterocycles. The lowest BCUT2D eigenvalue weighted by Gasteiger charge is -2.30. The van der Waals surface area contributed by atoms with Crippen LogP contribution < -0.4 is 16.0 Å². The number of rotatable bonds is 4. The molecule has 1 atom stereocenters. The van der Waals surface area contributed by atoms with Crippen LogP contribution in [0.2, 0.25) is 0 Å². The van der Waals surface area contributed by atoms with Crippen LogP contribution in [0.5, 0.6) is 0 Å². The molecule has 0 saturated carbocycles. The number of nitrogens with zero attached hydrogens (tertiary/aromatic N) is 4. The second-order valence-corrected chi connectivity index (χ2v) is 8.44. The molecule has 1 saturated heterocycles. The Morgan fingerprint density at radius 3 is 2.71 bits per heavy atom. The summed E-state index contributed by atoms with van der Waals surface area (Å²) < 4.78 is 0. The molecule has 1 aromatic carbocycles. The van der Waals surface area contributed by atoms with Crippen molar-refractivity contribution in [2.75, 3.05) is 29.1 Å². The third kappa shape index (κ3) is 3.96. The van der Waals surface area contributed by atoms with Gasteiger partial charge in [-0.2, -0.15) is 0 Å². The smallest absolute Gasteiger partial charge is 0.258 e. The van der Waals surface area contributed by atoms with Crippen LogP contribution in [0.3, 0.4) is 0 Å². The Kier molecular flexibility index (Phi) is 5.21. The highest BCUT2D eigenvalue weighted by molar-refractivity contribution is 8.13. The molecule has 8 heteroatoms. The largest absolute Gasteiger partial charge is 0.379 e. The fraction of sp³-hybridized carbons (Fsp3) is 0.400. The van der Waals surface area contributed by atoms with Crippen molar-refractivity contribution in [2.24, 2.45) is 10.7 Å². The van der Waals surface area contributed by atoms with E-state index in [1.165, 1.54) is 0 Å². The van der Waals surface area contributed by atoms with Crippen molar-refractivity contribution in [3.8, 4) is 0 Å². The highest BCUT2D eigenvalue weighted by Crippen LogP contribution is 2.35. The Balaban J connectivity index is 1.48. The molecule has 1 unspecified atom stereocenters. The van der Waals surface area contributed by atoms with Crippen molar-refractivity contribution in [2.45, 2.75) is 31.7 Å². The molecular weight excluding hydrogens is 372 g/mol. The van der Waals surface area contributed by atoms with E-state index in [-0.39, 0.29) is 11.4 Å². The Morgan fingerprint density at radius 1 is 1.25 bits per heavy atom. The van der Waals surface area contributed by atoms with Crippen molar-refractivity contribution >= 4 is 34.5 Å². The molecule has 0 aliphatic carbocycles. The van der Waals surface area contributed by atoms with Crippen LogP contribution in [0.15, 0.2) is 41.7 Å². The van der Waals surface area contributed by atoms with Crippen molar-refractivity contribution in [1.82, 2.24) is 9.97 Å². The number of thioether (sulfide) groups is 1. The number of carbonyl (C=O) groups is 1. The lowest BCUT2D eigenvalue weighted by molar-refractivity contribution is 0.102. The van der Waals surface area contributed by atoms with Crippen LogP contribution in [0.25, 0.3) is 0 Å². The Hall–Kier alpha value is -2.61. The minimum absolute atomic E-state index is 0.225. The van der Waals surface area contributed by atoms with Crippen molar-refractivity contribution in [3.63, 3.8) is 0 Å². The van der Waals surface area contributed by atoms with Gasteiger partial charge in [0.15, 0.2) is 5.17 Å². The summed E-state index contributed by atoms with van der Waals surface area (Å²) in [6, 6.07) is 7.78. The number of amidine groups is 1. The predicted molar refractivity (Wildman–Crippen MR) is 114 cm³/mol. The fourth-order valence-corrected chi connectivity index (χ4v) is 4.52. The lowest BCUT2D eigenvalue weighted by atomic mass is 9.89. The summed E-state index contributed by atoms with van der Waals surface area (Å²) in [5.74, 6) is 1.40. The Morgan fingerprint density at radius 2 is 2.00 bits per heavy atom. The summed E-state index contributed by atoms with van der Waals surface area (Å²) in [4.78, 5) is 28.1. The summed E-state index contributed by atoms with van der Waals surface area (Å²) in [6.45, 7) is 4.02. The molecule has 146 valence electrons. The number of nitrogens with two attached hydrogens (primary N) is 1. The number of hydrogen-bond donors (Lipinski definition) is 2. The Labute approximate surface area is 168 Å². The third-order valence-corrected chi connectivity index (χ3v) is 6.02. The number of anilines is 2. The summed E-state index contributed by atoms with van der Waals surface area (Å²) in [5.41, 5.74) is 7.76. The van der Waals surface area contributed by atoms with E-state index in [0.717, 1.165) is 49.4 Å². The van der Waals surface area contributed by atoms with Gasteiger partial charge in [0.2, 0.25) is 5.95 Å². The molecule has 1 fully saturated rings. The van der Waals surface area contributed by atoms with Gasteiger partial charge in [-0.05, 0) is 43.9 Å². The van der Waals surface area contributed by atoms with Gasteiger partial charge in [0.25, 0.3) is 5.91 Å². The topological polar surface area (TPSA) is 96.5 Å². The molecule has 7 nitrogen and oxygen atoms in total. The van der Waals surface area contributed by atoms with Gasteiger partial charge in [0.1, 0.15) is 0 Å². The summed E-state index contributed by atoms with van der Waals surface area (Å²) in [5, 5.41) is 3.55. The summed E-state index contributed by atoms with van der Waals surface area (Å²) >= 11 is 1.58. The quantitative estimate of drug-likeness (QED) is 0.825. The number of carbonyl (C=O) groups excluding carboxylic acids is 1. The van der Waals surface area contributed by atoms with Gasteiger partial charge in [0.05, 0.1) is 11.1 Å². The van der Waals surface area contributed by atoms with Gasteiger partial charge in [-0.1, -0.05) is 23.9 Å². The van der Waals surface area contributed by atoms with E-state index in [1.54, 1.807) is 24.2 Å². The third-order valence-electron chi connectivity index (χ3n) is 5.23. The fourth-order valence-electron chi connectivity index (χ4n) is 3.55. The van der Waals surface area contributed by atoms with Crippen LogP contribution in [0.4, 0.5) is 11.6 Å². The average Bonchev–Trinajstić information content (AvgIpc) is 3.23. The molecule has 0 spiro atoms. The van der Waals surface area contributed by atoms with Gasteiger partial charge in [0, 0.05) is 36.9 Å². The first kappa shape index (κ1) is 18.7. The van der Waals surface area contributed by atoms with E-state index >= 15 is 0 Å². The second-order valence-electron chi connectivity index (χ2n) is 7.32. The standard InChI is InChI=1S/C20H24N6OS/c1-20(7-10-28-18(21)25-20)15-5-4-6-16(11-15)24-17(27)14-12-22-19(23-13-14)26-8-2-3-9-26/h4-6,11-13H,2-3,7-10H2,1H3,(H2,21,25)(H,24,27). The van der Waals surface area contributed by atoms with Crippen LogP contribution >= 0.6 is 11.8 Å². The van der Waals surface area contributed by atoms with Gasteiger partial charge in [-0.25, -0.2) is 9.97 Å². The maximum atomic E-state index is 12.6. The highest BCUT2D eigenvalue weighted by atomic mass is 32.2. The zero-order valence-corrected chi connectivity index (χ0v) is 16.7. The average molecular weight is 397 g/mol. The van der Waals surface area contributed by atoms with Gasteiger partial charge in [-0.15, -0.1) is 0 Å². The molecule has 3 N–H and O–H groups in total.